The summed E-state index contributed by atoms with van der Waals surface area (Å²) >= 11 is 0. The van der Waals surface area contributed by atoms with Crippen molar-refractivity contribution in [3.63, 3.8) is 0 Å². The number of carbonyl (C=O) groups is 1. The topological polar surface area (TPSA) is 65.5 Å². The first-order chi connectivity index (χ1) is 7.04. The molecule has 0 saturated carbocycles. The van der Waals surface area contributed by atoms with E-state index < -0.39 is 5.97 Å². The monoisotopic (exact) mass is 211 g/mol. The average molecular weight is 211 g/mol. The maximum absolute atomic E-state index is 11.5. The predicted octanol–water partition coefficient (Wildman–Crippen LogP) is 1.94. The van der Waals surface area contributed by atoms with E-state index in [9.17, 15) is 4.79 Å². The lowest BCUT2D eigenvalue weighted by atomic mass is 10.1. The van der Waals surface area contributed by atoms with Crippen LogP contribution in [0, 0.1) is 5.92 Å². The molecule has 1 rings (SSSR count). The van der Waals surface area contributed by atoms with Crippen LogP contribution in [0.25, 0.3) is 0 Å². The molecule has 1 heterocycles. The molecule has 0 saturated heterocycles. The minimum absolute atomic E-state index is 0.121. The molecule has 0 aromatic carbocycles. The Morgan fingerprint density at radius 2 is 2.13 bits per heavy atom. The van der Waals surface area contributed by atoms with E-state index >= 15 is 0 Å². The fourth-order valence-corrected chi connectivity index (χ4v) is 0.960. The molecule has 1 atom stereocenters. The summed E-state index contributed by atoms with van der Waals surface area (Å²) in [5.74, 6) is 0.649. The highest BCUT2D eigenvalue weighted by atomic mass is 16.6. The van der Waals surface area contributed by atoms with Gasteiger partial charge in [-0.25, -0.2) is 4.79 Å². The second-order valence-electron chi connectivity index (χ2n) is 3.82. The number of ether oxygens (including phenoxy) is 1. The Hall–Kier alpha value is -1.29. The lowest BCUT2D eigenvalue weighted by Gasteiger charge is -2.15. The smallest absolute Gasteiger partial charge is 0.374 e. The number of furan rings is 1. The van der Waals surface area contributed by atoms with Crippen molar-refractivity contribution in [2.24, 2.45) is 11.7 Å². The average Bonchev–Trinajstić information content (AvgIpc) is 2.65. The fraction of sp³-hybridized carbons (Fsp3) is 0.545. The summed E-state index contributed by atoms with van der Waals surface area (Å²) in [6.07, 6.45) is -0.121. The van der Waals surface area contributed by atoms with Gasteiger partial charge in [-0.1, -0.05) is 13.8 Å². The van der Waals surface area contributed by atoms with E-state index in [1.54, 1.807) is 12.1 Å². The highest BCUT2D eigenvalue weighted by molar-refractivity contribution is 5.86. The Balaban J connectivity index is 2.61. The summed E-state index contributed by atoms with van der Waals surface area (Å²) in [7, 11) is 0. The summed E-state index contributed by atoms with van der Waals surface area (Å²) in [6.45, 7) is 6.12. The molecule has 0 aliphatic rings. The van der Waals surface area contributed by atoms with Crippen molar-refractivity contribution in [3.05, 3.63) is 23.7 Å². The molecule has 0 aliphatic heterocycles. The zero-order valence-electron chi connectivity index (χ0n) is 9.32. The van der Waals surface area contributed by atoms with E-state index in [2.05, 4.69) is 0 Å². The van der Waals surface area contributed by atoms with Crippen LogP contribution < -0.4 is 5.73 Å². The van der Waals surface area contributed by atoms with Gasteiger partial charge >= 0.3 is 5.97 Å². The van der Waals surface area contributed by atoms with Gasteiger partial charge in [-0.2, -0.15) is 0 Å². The summed E-state index contributed by atoms with van der Waals surface area (Å²) < 4.78 is 10.4. The largest absolute Gasteiger partial charge is 0.457 e. The molecule has 2 N–H and O–H groups in total. The van der Waals surface area contributed by atoms with Crippen LogP contribution in [0.3, 0.4) is 0 Å². The van der Waals surface area contributed by atoms with Crippen molar-refractivity contribution >= 4 is 5.97 Å². The van der Waals surface area contributed by atoms with Gasteiger partial charge in [0, 0.05) is 0 Å². The quantitative estimate of drug-likeness (QED) is 0.773. The van der Waals surface area contributed by atoms with E-state index in [-0.39, 0.29) is 24.3 Å². The lowest BCUT2D eigenvalue weighted by molar-refractivity contribution is 0.0201. The predicted molar refractivity (Wildman–Crippen MR) is 56.3 cm³/mol. The Labute approximate surface area is 89.4 Å². The van der Waals surface area contributed by atoms with Gasteiger partial charge in [-0.05, 0) is 25.0 Å². The molecule has 4 heteroatoms. The minimum atomic E-state index is -0.434. The molecule has 0 spiro atoms. The molecule has 0 amide bonds. The van der Waals surface area contributed by atoms with E-state index in [0.29, 0.717) is 5.76 Å². The van der Waals surface area contributed by atoms with Gasteiger partial charge in [0.25, 0.3) is 0 Å². The van der Waals surface area contributed by atoms with Crippen molar-refractivity contribution in [3.8, 4) is 0 Å². The number of hydrogen-bond donors (Lipinski definition) is 1. The minimum Gasteiger partial charge on any atom is -0.457 e. The first kappa shape index (κ1) is 11.8. The number of nitrogens with two attached hydrogens (primary N) is 1. The SMILES string of the molecule is CC(C)C(C)OC(=O)c1ccc(CN)o1. The molecule has 0 aliphatic carbocycles. The summed E-state index contributed by atoms with van der Waals surface area (Å²) in [4.78, 5) is 11.5. The molecule has 84 valence electrons. The Bertz CT molecular complexity index is 330. The molecule has 1 unspecified atom stereocenters. The zero-order chi connectivity index (χ0) is 11.4. The maximum atomic E-state index is 11.5. The highest BCUT2D eigenvalue weighted by Crippen LogP contribution is 2.12. The third-order valence-corrected chi connectivity index (χ3v) is 2.30. The molecular weight excluding hydrogens is 194 g/mol. The van der Waals surface area contributed by atoms with Gasteiger partial charge in [-0.15, -0.1) is 0 Å². The zero-order valence-corrected chi connectivity index (χ0v) is 9.32. The van der Waals surface area contributed by atoms with E-state index in [1.165, 1.54) is 0 Å². The van der Waals surface area contributed by atoms with E-state index in [0.717, 1.165) is 0 Å². The van der Waals surface area contributed by atoms with Crippen molar-refractivity contribution in [2.45, 2.75) is 33.4 Å². The Kier molecular flexibility index (Phi) is 3.91. The molecule has 15 heavy (non-hydrogen) atoms. The number of rotatable bonds is 4. The normalized spacial score (nSPS) is 12.9. The van der Waals surface area contributed by atoms with Crippen LogP contribution in [0.4, 0.5) is 0 Å². The number of carbonyl (C=O) groups excluding carboxylic acids is 1. The second-order valence-corrected chi connectivity index (χ2v) is 3.82. The van der Waals surface area contributed by atoms with Gasteiger partial charge in [0.2, 0.25) is 5.76 Å². The van der Waals surface area contributed by atoms with Crippen molar-refractivity contribution in [1.29, 1.82) is 0 Å². The van der Waals surface area contributed by atoms with Crippen LogP contribution in [0.15, 0.2) is 16.5 Å². The van der Waals surface area contributed by atoms with Crippen molar-refractivity contribution in [1.82, 2.24) is 0 Å². The molecule has 0 radical (unpaired) electrons. The third kappa shape index (κ3) is 3.09. The van der Waals surface area contributed by atoms with Crippen LogP contribution in [0.5, 0.6) is 0 Å². The summed E-state index contributed by atoms with van der Waals surface area (Å²) in [5.41, 5.74) is 5.37. The van der Waals surface area contributed by atoms with E-state index in [1.807, 2.05) is 20.8 Å². The van der Waals surface area contributed by atoms with Crippen LogP contribution in [0.1, 0.15) is 37.1 Å². The summed E-state index contributed by atoms with van der Waals surface area (Å²) in [5, 5.41) is 0. The first-order valence-electron chi connectivity index (χ1n) is 5.04. The molecular formula is C11H17NO3. The molecule has 0 fully saturated rings. The van der Waals surface area contributed by atoms with Crippen molar-refractivity contribution < 1.29 is 13.9 Å². The first-order valence-corrected chi connectivity index (χ1v) is 5.04. The lowest BCUT2D eigenvalue weighted by Crippen LogP contribution is -2.19. The van der Waals surface area contributed by atoms with Crippen molar-refractivity contribution in [2.75, 3.05) is 0 Å². The molecule has 4 nitrogen and oxygen atoms in total. The number of esters is 1. The molecule has 0 bridgehead atoms. The standard InChI is InChI=1S/C11H17NO3/c1-7(2)8(3)14-11(13)10-5-4-9(6-12)15-10/h4-5,7-8H,6,12H2,1-3H3. The van der Waals surface area contributed by atoms with Gasteiger partial charge in [0.15, 0.2) is 0 Å². The van der Waals surface area contributed by atoms with E-state index in [4.69, 9.17) is 14.9 Å². The van der Waals surface area contributed by atoms with Crippen LogP contribution in [-0.2, 0) is 11.3 Å². The maximum Gasteiger partial charge on any atom is 0.374 e. The highest BCUT2D eigenvalue weighted by Gasteiger charge is 2.17. The number of hydrogen-bond acceptors (Lipinski definition) is 4. The Morgan fingerprint density at radius 1 is 1.47 bits per heavy atom. The molecule has 1 aromatic rings. The second kappa shape index (κ2) is 4.98. The van der Waals surface area contributed by atoms with Crippen LogP contribution >= 0.6 is 0 Å². The van der Waals surface area contributed by atoms with Crippen LogP contribution in [0.2, 0.25) is 0 Å². The Morgan fingerprint density at radius 3 is 2.60 bits per heavy atom. The molecule has 1 aromatic heterocycles. The fourth-order valence-electron chi connectivity index (χ4n) is 0.960. The van der Waals surface area contributed by atoms with Crippen LogP contribution in [-0.4, -0.2) is 12.1 Å². The van der Waals surface area contributed by atoms with Gasteiger partial charge in [0.05, 0.1) is 6.54 Å². The third-order valence-electron chi connectivity index (χ3n) is 2.30. The summed E-state index contributed by atoms with van der Waals surface area (Å²) in [6, 6.07) is 3.26. The van der Waals surface area contributed by atoms with Gasteiger partial charge in [-0.3, -0.25) is 0 Å². The van der Waals surface area contributed by atoms with Gasteiger partial charge < -0.3 is 14.9 Å². The van der Waals surface area contributed by atoms with Gasteiger partial charge in [0.1, 0.15) is 11.9 Å².